The number of carbonyl (C=O) groups is 2. The van der Waals surface area contributed by atoms with Gasteiger partial charge in [0.15, 0.2) is 0 Å². The van der Waals surface area contributed by atoms with Crippen molar-refractivity contribution in [1.82, 2.24) is 10.6 Å². The molecule has 6 nitrogen and oxygen atoms in total. The number of aliphatic carboxylic acids is 1. The zero-order valence-corrected chi connectivity index (χ0v) is 13.4. The van der Waals surface area contributed by atoms with Gasteiger partial charge in [0, 0.05) is 18.2 Å². The van der Waals surface area contributed by atoms with Gasteiger partial charge in [0.25, 0.3) is 0 Å². The SMILES string of the molecule is CCOc1ccccc1CNC(=O)NC1CCC(C(=O)O)CC1. The third kappa shape index (κ3) is 5.16. The number of nitrogens with one attached hydrogen (secondary N) is 2. The number of hydrogen-bond acceptors (Lipinski definition) is 3. The predicted octanol–water partition coefficient (Wildman–Crippen LogP) is 2.53. The van der Waals surface area contributed by atoms with E-state index in [2.05, 4.69) is 10.6 Å². The van der Waals surface area contributed by atoms with Crippen LogP contribution in [0, 0.1) is 5.92 Å². The van der Waals surface area contributed by atoms with Gasteiger partial charge in [-0.05, 0) is 38.7 Å². The number of carboxylic acid groups (broad SMARTS) is 1. The van der Waals surface area contributed by atoms with Gasteiger partial charge in [0.2, 0.25) is 0 Å². The van der Waals surface area contributed by atoms with Crippen LogP contribution >= 0.6 is 0 Å². The lowest BCUT2D eigenvalue weighted by Crippen LogP contribution is -2.43. The molecule has 2 rings (SSSR count). The van der Waals surface area contributed by atoms with Gasteiger partial charge in [0.1, 0.15) is 5.75 Å². The fourth-order valence-corrected chi connectivity index (χ4v) is 2.84. The van der Waals surface area contributed by atoms with Gasteiger partial charge in [0.05, 0.1) is 12.5 Å². The highest BCUT2D eigenvalue weighted by Gasteiger charge is 2.26. The highest BCUT2D eigenvalue weighted by molar-refractivity contribution is 5.74. The lowest BCUT2D eigenvalue weighted by Gasteiger charge is -2.26. The number of para-hydroxylation sites is 1. The fourth-order valence-electron chi connectivity index (χ4n) is 2.84. The van der Waals surface area contributed by atoms with Crippen molar-refractivity contribution < 1.29 is 19.4 Å². The minimum Gasteiger partial charge on any atom is -0.494 e. The molecule has 0 radical (unpaired) electrons. The predicted molar refractivity (Wildman–Crippen MR) is 86.4 cm³/mol. The van der Waals surface area contributed by atoms with Gasteiger partial charge in [-0.3, -0.25) is 4.79 Å². The summed E-state index contributed by atoms with van der Waals surface area (Å²) in [4.78, 5) is 22.9. The molecule has 0 spiro atoms. The largest absolute Gasteiger partial charge is 0.494 e. The summed E-state index contributed by atoms with van der Waals surface area (Å²) >= 11 is 0. The monoisotopic (exact) mass is 320 g/mol. The molecule has 126 valence electrons. The minimum atomic E-state index is -0.736. The van der Waals surface area contributed by atoms with Crippen LogP contribution < -0.4 is 15.4 Å². The topological polar surface area (TPSA) is 87.7 Å². The Labute approximate surface area is 136 Å². The molecule has 0 unspecified atom stereocenters. The Morgan fingerprint density at radius 3 is 2.57 bits per heavy atom. The highest BCUT2D eigenvalue weighted by Crippen LogP contribution is 2.24. The maximum atomic E-state index is 12.0. The van der Waals surface area contributed by atoms with E-state index in [4.69, 9.17) is 9.84 Å². The summed E-state index contributed by atoms with van der Waals surface area (Å²) in [6, 6.07) is 7.43. The second kappa shape index (κ2) is 8.41. The van der Waals surface area contributed by atoms with Crippen molar-refractivity contribution in [2.45, 2.75) is 45.2 Å². The first-order valence-corrected chi connectivity index (χ1v) is 8.08. The molecule has 6 heteroatoms. The van der Waals surface area contributed by atoms with E-state index in [-0.39, 0.29) is 18.0 Å². The van der Waals surface area contributed by atoms with Crippen molar-refractivity contribution in [1.29, 1.82) is 0 Å². The summed E-state index contributed by atoms with van der Waals surface area (Å²) in [6.07, 6.45) is 2.65. The van der Waals surface area contributed by atoms with E-state index in [9.17, 15) is 9.59 Å². The third-order valence-electron chi connectivity index (χ3n) is 4.12. The molecule has 0 atom stereocenters. The second-order valence-electron chi connectivity index (χ2n) is 5.75. The molecule has 1 fully saturated rings. The summed E-state index contributed by atoms with van der Waals surface area (Å²) in [5.41, 5.74) is 0.930. The number of rotatable bonds is 6. The van der Waals surface area contributed by atoms with Gasteiger partial charge in [-0.15, -0.1) is 0 Å². The minimum absolute atomic E-state index is 0.0488. The Balaban J connectivity index is 1.77. The van der Waals surface area contributed by atoms with Crippen LogP contribution in [0.5, 0.6) is 5.75 Å². The first kappa shape index (κ1) is 17.1. The summed E-state index contributed by atoms with van der Waals surface area (Å²) in [7, 11) is 0. The Kier molecular flexibility index (Phi) is 6.26. The Hall–Kier alpha value is -2.24. The number of hydrogen-bond donors (Lipinski definition) is 3. The standard InChI is InChI=1S/C17H24N2O4/c1-2-23-15-6-4-3-5-13(15)11-18-17(22)19-14-9-7-12(8-10-14)16(20)21/h3-6,12,14H,2,7-11H2,1H3,(H,20,21)(H2,18,19,22). The zero-order valence-electron chi connectivity index (χ0n) is 13.4. The Bertz CT molecular complexity index is 539. The molecule has 0 bridgehead atoms. The lowest BCUT2D eigenvalue weighted by molar-refractivity contribution is -0.142. The number of benzene rings is 1. The average Bonchev–Trinajstić information content (AvgIpc) is 2.55. The van der Waals surface area contributed by atoms with Crippen LogP contribution in [0.15, 0.2) is 24.3 Å². The molecule has 23 heavy (non-hydrogen) atoms. The molecular weight excluding hydrogens is 296 g/mol. The van der Waals surface area contributed by atoms with E-state index in [1.807, 2.05) is 31.2 Å². The van der Waals surface area contributed by atoms with Gasteiger partial charge < -0.3 is 20.5 Å². The molecule has 1 aliphatic carbocycles. The van der Waals surface area contributed by atoms with E-state index in [1.54, 1.807) is 0 Å². The summed E-state index contributed by atoms with van der Waals surface area (Å²) < 4.78 is 5.53. The second-order valence-corrected chi connectivity index (χ2v) is 5.75. The molecule has 0 aliphatic heterocycles. The number of carbonyl (C=O) groups excluding carboxylic acids is 1. The Morgan fingerprint density at radius 1 is 1.22 bits per heavy atom. The number of ether oxygens (including phenoxy) is 1. The smallest absolute Gasteiger partial charge is 0.315 e. The molecule has 3 N–H and O–H groups in total. The van der Waals surface area contributed by atoms with Crippen LogP contribution in [0.2, 0.25) is 0 Å². The highest BCUT2D eigenvalue weighted by atomic mass is 16.5. The van der Waals surface area contributed by atoms with Crippen LogP contribution in [0.25, 0.3) is 0 Å². The summed E-state index contributed by atoms with van der Waals surface area (Å²) in [6.45, 7) is 2.90. The van der Waals surface area contributed by atoms with Crippen molar-refractivity contribution in [2.24, 2.45) is 5.92 Å². The van der Waals surface area contributed by atoms with E-state index < -0.39 is 5.97 Å². The van der Waals surface area contributed by atoms with E-state index >= 15 is 0 Å². The molecule has 0 heterocycles. The number of amides is 2. The van der Waals surface area contributed by atoms with Crippen LogP contribution in [-0.4, -0.2) is 29.8 Å². The quantitative estimate of drug-likeness (QED) is 0.751. The van der Waals surface area contributed by atoms with Crippen LogP contribution in [0.1, 0.15) is 38.2 Å². The average molecular weight is 320 g/mol. The van der Waals surface area contributed by atoms with Gasteiger partial charge in [-0.2, -0.15) is 0 Å². The third-order valence-corrected chi connectivity index (χ3v) is 4.12. The van der Waals surface area contributed by atoms with Crippen LogP contribution in [-0.2, 0) is 11.3 Å². The Morgan fingerprint density at radius 2 is 1.91 bits per heavy atom. The van der Waals surface area contributed by atoms with Crippen LogP contribution in [0.3, 0.4) is 0 Å². The van der Waals surface area contributed by atoms with Gasteiger partial charge in [-0.25, -0.2) is 4.79 Å². The normalized spacial score (nSPS) is 20.6. The molecule has 1 aromatic rings. The summed E-state index contributed by atoms with van der Waals surface area (Å²) in [5.74, 6) is -0.230. The van der Waals surface area contributed by atoms with Crippen molar-refractivity contribution in [3.05, 3.63) is 29.8 Å². The zero-order chi connectivity index (χ0) is 16.7. The molecule has 1 aliphatic rings. The molecular formula is C17H24N2O4. The van der Waals surface area contributed by atoms with Crippen molar-refractivity contribution in [3.63, 3.8) is 0 Å². The summed E-state index contributed by atoms with van der Waals surface area (Å²) in [5, 5.41) is 14.7. The van der Waals surface area contributed by atoms with Gasteiger partial charge in [-0.1, -0.05) is 18.2 Å². The number of carboxylic acids is 1. The molecule has 0 saturated heterocycles. The first-order valence-electron chi connectivity index (χ1n) is 8.08. The van der Waals surface area contributed by atoms with Crippen molar-refractivity contribution >= 4 is 12.0 Å². The van der Waals surface area contributed by atoms with E-state index in [0.717, 1.165) is 11.3 Å². The molecule has 1 saturated carbocycles. The molecule has 1 aromatic carbocycles. The van der Waals surface area contributed by atoms with Gasteiger partial charge >= 0.3 is 12.0 Å². The van der Waals surface area contributed by atoms with Crippen molar-refractivity contribution in [3.8, 4) is 5.75 Å². The molecule has 2 amide bonds. The number of urea groups is 1. The maximum Gasteiger partial charge on any atom is 0.315 e. The van der Waals surface area contributed by atoms with Crippen molar-refractivity contribution in [2.75, 3.05) is 6.61 Å². The molecule has 0 aromatic heterocycles. The van der Waals surface area contributed by atoms with E-state index in [0.29, 0.717) is 38.8 Å². The van der Waals surface area contributed by atoms with E-state index in [1.165, 1.54) is 0 Å². The fraction of sp³-hybridized carbons (Fsp3) is 0.529. The first-order chi connectivity index (χ1) is 11.1. The maximum absolute atomic E-state index is 12.0. The lowest BCUT2D eigenvalue weighted by atomic mass is 9.86. The van der Waals surface area contributed by atoms with Crippen LogP contribution in [0.4, 0.5) is 4.79 Å².